The number of anilines is 1. The van der Waals surface area contributed by atoms with Gasteiger partial charge in [-0.1, -0.05) is 35.9 Å². The first-order chi connectivity index (χ1) is 12.5. The summed E-state index contributed by atoms with van der Waals surface area (Å²) in [5, 5.41) is 3.11. The molecule has 0 fully saturated rings. The molecule has 26 heavy (non-hydrogen) atoms. The standard InChI is InChI=1S/C19H21ClN2O4/c1-22(11-18(23)21-17-9-4-3-8-16(17)20)19(24)13-26-12-14-6-5-7-15(10-14)25-2/h3-10H,11-13H2,1-2H3,(H,21,23). The summed E-state index contributed by atoms with van der Waals surface area (Å²) in [6, 6.07) is 14.3. The second-order valence-corrected chi connectivity index (χ2v) is 6.03. The van der Waals surface area contributed by atoms with E-state index in [1.807, 2.05) is 24.3 Å². The minimum atomic E-state index is -0.332. The van der Waals surface area contributed by atoms with E-state index in [1.165, 1.54) is 4.90 Å². The Labute approximate surface area is 157 Å². The largest absolute Gasteiger partial charge is 0.497 e. The van der Waals surface area contributed by atoms with E-state index in [2.05, 4.69) is 5.32 Å². The molecule has 0 aromatic heterocycles. The van der Waals surface area contributed by atoms with E-state index in [9.17, 15) is 9.59 Å². The zero-order chi connectivity index (χ0) is 18.9. The molecule has 2 amide bonds. The topological polar surface area (TPSA) is 67.9 Å². The zero-order valence-corrected chi connectivity index (χ0v) is 15.5. The smallest absolute Gasteiger partial charge is 0.248 e. The first-order valence-corrected chi connectivity index (χ1v) is 8.36. The molecule has 1 N–H and O–H groups in total. The number of carbonyl (C=O) groups excluding carboxylic acids is 2. The Kier molecular flexibility index (Phi) is 7.44. The van der Waals surface area contributed by atoms with Crippen LogP contribution in [-0.2, 0) is 20.9 Å². The van der Waals surface area contributed by atoms with Gasteiger partial charge in [0.05, 0.1) is 31.0 Å². The number of rotatable bonds is 8. The highest BCUT2D eigenvalue weighted by Gasteiger charge is 2.14. The molecule has 0 aliphatic heterocycles. The Bertz CT molecular complexity index is 767. The highest BCUT2D eigenvalue weighted by Crippen LogP contribution is 2.20. The van der Waals surface area contributed by atoms with Crippen molar-refractivity contribution in [3.8, 4) is 5.75 Å². The quantitative estimate of drug-likeness (QED) is 0.769. The molecule has 0 saturated carbocycles. The van der Waals surface area contributed by atoms with Gasteiger partial charge in [-0.05, 0) is 29.8 Å². The Morgan fingerprint density at radius 1 is 1.15 bits per heavy atom. The lowest BCUT2D eigenvalue weighted by Gasteiger charge is -2.17. The predicted octanol–water partition coefficient (Wildman–Crippen LogP) is 2.96. The van der Waals surface area contributed by atoms with Crippen LogP contribution >= 0.6 is 11.6 Å². The number of likely N-dealkylation sites (N-methyl/N-ethyl adjacent to an activating group) is 1. The summed E-state index contributed by atoms with van der Waals surface area (Å²) in [6.07, 6.45) is 0. The van der Waals surface area contributed by atoms with Gasteiger partial charge in [0, 0.05) is 7.05 Å². The zero-order valence-electron chi connectivity index (χ0n) is 14.7. The van der Waals surface area contributed by atoms with Crippen molar-refractivity contribution in [3.05, 3.63) is 59.1 Å². The van der Waals surface area contributed by atoms with Gasteiger partial charge in [-0.25, -0.2) is 0 Å². The van der Waals surface area contributed by atoms with Crippen molar-refractivity contribution in [1.29, 1.82) is 0 Å². The molecule has 2 aromatic carbocycles. The lowest BCUT2D eigenvalue weighted by Crippen LogP contribution is -2.37. The number of carbonyl (C=O) groups is 2. The summed E-state index contributed by atoms with van der Waals surface area (Å²) in [5.74, 6) is 0.106. The third kappa shape index (κ3) is 6.06. The van der Waals surface area contributed by atoms with E-state index in [1.54, 1.807) is 38.4 Å². The first kappa shape index (κ1) is 19.8. The number of hydrogen-bond acceptors (Lipinski definition) is 4. The molecule has 0 spiro atoms. The second-order valence-electron chi connectivity index (χ2n) is 5.62. The summed E-state index contributed by atoms with van der Waals surface area (Å²) in [6.45, 7) is 0.0717. The fraction of sp³-hybridized carbons (Fsp3) is 0.263. The van der Waals surface area contributed by atoms with Crippen molar-refractivity contribution in [2.75, 3.05) is 32.6 Å². The second kappa shape index (κ2) is 9.79. The van der Waals surface area contributed by atoms with Gasteiger partial charge in [-0.3, -0.25) is 9.59 Å². The lowest BCUT2D eigenvalue weighted by atomic mass is 10.2. The molecule has 6 nitrogen and oxygen atoms in total. The number of nitrogens with one attached hydrogen (secondary N) is 1. The van der Waals surface area contributed by atoms with E-state index in [0.717, 1.165) is 11.3 Å². The summed E-state index contributed by atoms with van der Waals surface area (Å²) in [5.41, 5.74) is 1.41. The van der Waals surface area contributed by atoms with Gasteiger partial charge in [0.15, 0.2) is 0 Å². The van der Waals surface area contributed by atoms with Crippen LogP contribution in [0.5, 0.6) is 5.75 Å². The van der Waals surface area contributed by atoms with Gasteiger partial charge in [0.2, 0.25) is 11.8 Å². The monoisotopic (exact) mass is 376 g/mol. The number of halogens is 1. The van der Waals surface area contributed by atoms with Gasteiger partial charge in [0.1, 0.15) is 12.4 Å². The Morgan fingerprint density at radius 3 is 2.65 bits per heavy atom. The van der Waals surface area contributed by atoms with E-state index in [0.29, 0.717) is 10.7 Å². The molecular weight excluding hydrogens is 356 g/mol. The number of hydrogen-bond donors (Lipinski definition) is 1. The molecule has 138 valence electrons. The molecule has 0 radical (unpaired) electrons. The van der Waals surface area contributed by atoms with E-state index >= 15 is 0 Å². The summed E-state index contributed by atoms with van der Waals surface area (Å²) in [7, 11) is 3.13. The number of ether oxygens (including phenoxy) is 2. The van der Waals surface area contributed by atoms with Crippen LogP contribution in [0.2, 0.25) is 5.02 Å². The van der Waals surface area contributed by atoms with E-state index < -0.39 is 0 Å². The van der Waals surface area contributed by atoms with E-state index in [4.69, 9.17) is 21.1 Å². The molecule has 7 heteroatoms. The molecule has 2 rings (SSSR count). The van der Waals surface area contributed by atoms with Crippen LogP contribution in [-0.4, -0.2) is 44.0 Å². The third-order valence-corrected chi connectivity index (χ3v) is 3.91. The number of nitrogens with zero attached hydrogens (tertiary/aromatic N) is 1. The minimum absolute atomic E-state index is 0.0907. The highest BCUT2D eigenvalue weighted by molar-refractivity contribution is 6.33. The molecule has 0 aliphatic carbocycles. The molecule has 0 saturated heterocycles. The maximum Gasteiger partial charge on any atom is 0.248 e. The Morgan fingerprint density at radius 2 is 1.92 bits per heavy atom. The number of benzene rings is 2. The number of para-hydroxylation sites is 1. The lowest BCUT2D eigenvalue weighted by molar-refractivity contribution is -0.137. The van der Waals surface area contributed by atoms with Crippen LogP contribution in [0.25, 0.3) is 0 Å². The van der Waals surface area contributed by atoms with Crippen molar-refractivity contribution in [2.24, 2.45) is 0 Å². The average molecular weight is 377 g/mol. The van der Waals surface area contributed by atoms with Crippen molar-refractivity contribution in [1.82, 2.24) is 4.90 Å². The van der Waals surface area contributed by atoms with Gasteiger partial charge >= 0.3 is 0 Å². The summed E-state index contributed by atoms with van der Waals surface area (Å²) < 4.78 is 10.6. The van der Waals surface area contributed by atoms with Crippen LogP contribution in [0.1, 0.15) is 5.56 Å². The minimum Gasteiger partial charge on any atom is -0.497 e. The van der Waals surface area contributed by atoms with Crippen LogP contribution in [0.3, 0.4) is 0 Å². The van der Waals surface area contributed by atoms with Gasteiger partial charge < -0.3 is 19.7 Å². The molecule has 0 atom stereocenters. The molecule has 2 aromatic rings. The average Bonchev–Trinajstić information content (AvgIpc) is 2.63. The van der Waals surface area contributed by atoms with Gasteiger partial charge in [0.25, 0.3) is 0 Å². The van der Waals surface area contributed by atoms with Crippen molar-refractivity contribution >= 4 is 29.1 Å². The molecule has 0 unspecified atom stereocenters. The van der Waals surface area contributed by atoms with Crippen LogP contribution in [0, 0.1) is 0 Å². The molecule has 0 bridgehead atoms. The Balaban J connectivity index is 1.76. The van der Waals surface area contributed by atoms with Crippen LogP contribution in [0.15, 0.2) is 48.5 Å². The fourth-order valence-electron chi connectivity index (χ4n) is 2.18. The van der Waals surface area contributed by atoms with Crippen molar-refractivity contribution in [2.45, 2.75) is 6.61 Å². The van der Waals surface area contributed by atoms with Crippen molar-refractivity contribution in [3.63, 3.8) is 0 Å². The highest BCUT2D eigenvalue weighted by atomic mass is 35.5. The number of amides is 2. The molecule has 0 heterocycles. The maximum atomic E-state index is 12.1. The summed E-state index contributed by atoms with van der Waals surface area (Å²) in [4.78, 5) is 25.4. The predicted molar refractivity (Wildman–Crippen MR) is 100 cm³/mol. The SMILES string of the molecule is COc1cccc(COCC(=O)N(C)CC(=O)Nc2ccccc2Cl)c1. The molecular formula is C19H21ClN2O4. The normalized spacial score (nSPS) is 10.3. The molecule has 0 aliphatic rings. The van der Waals surface area contributed by atoms with Crippen molar-refractivity contribution < 1.29 is 19.1 Å². The van der Waals surface area contributed by atoms with Gasteiger partial charge in [-0.2, -0.15) is 0 Å². The third-order valence-electron chi connectivity index (χ3n) is 3.58. The Hall–Kier alpha value is -2.57. The van der Waals surface area contributed by atoms with Crippen LogP contribution < -0.4 is 10.1 Å². The van der Waals surface area contributed by atoms with Crippen LogP contribution in [0.4, 0.5) is 5.69 Å². The summed E-state index contributed by atoms with van der Waals surface area (Å²) >= 11 is 5.99. The fourth-order valence-corrected chi connectivity index (χ4v) is 2.37. The van der Waals surface area contributed by atoms with E-state index in [-0.39, 0.29) is 31.6 Å². The number of methoxy groups -OCH3 is 1. The first-order valence-electron chi connectivity index (χ1n) is 7.98. The maximum absolute atomic E-state index is 12.1. The van der Waals surface area contributed by atoms with Gasteiger partial charge in [-0.15, -0.1) is 0 Å².